The Labute approximate surface area is 103 Å². The van der Waals surface area contributed by atoms with Gasteiger partial charge in [-0.1, -0.05) is 33.6 Å². The summed E-state index contributed by atoms with van der Waals surface area (Å²) in [6.07, 6.45) is 3.28. The van der Waals surface area contributed by atoms with Crippen LogP contribution in [-0.4, -0.2) is 46.7 Å². The van der Waals surface area contributed by atoms with E-state index in [-0.39, 0.29) is 6.54 Å². The van der Waals surface area contributed by atoms with E-state index in [4.69, 9.17) is 10.2 Å². The van der Waals surface area contributed by atoms with Crippen molar-refractivity contribution in [2.24, 2.45) is 0 Å². The molecule has 0 rings (SSSR count). The first-order chi connectivity index (χ1) is 7.97. The second kappa shape index (κ2) is 13.0. The maximum absolute atomic E-state index is 10.1. The molecule has 5 nitrogen and oxygen atoms in total. The summed E-state index contributed by atoms with van der Waals surface area (Å²) >= 11 is 0. The number of carboxylic acids is 2. The van der Waals surface area contributed by atoms with Crippen molar-refractivity contribution in [3.8, 4) is 0 Å². The zero-order valence-electron chi connectivity index (χ0n) is 11.1. The maximum atomic E-state index is 10.1. The molecule has 0 unspecified atom stereocenters. The minimum absolute atomic E-state index is 0.160. The van der Waals surface area contributed by atoms with Gasteiger partial charge in [0.15, 0.2) is 0 Å². The average molecular weight is 247 g/mol. The van der Waals surface area contributed by atoms with Gasteiger partial charge in [-0.25, -0.2) is 0 Å². The average Bonchev–Trinajstić information content (AvgIpc) is 2.26. The second-order valence-corrected chi connectivity index (χ2v) is 3.71. The van der Waals surface area contributed by atoms with Gasteiger partial charge in [-0.2, -0.15) is 0 Å². The largest absolute Gasteiger partial charge is 0.481 e. The quantitative estimate of drug-likeness (QED) is 0.642. The zero-order chi connectivity index (χ0) is 13.7. The molecule has 0 heterocycles. The van der Waals surface area contributed by atoms with Crippen LogP contribution in [0.5, 0.6) is 0 Å². The summed E-state index contributed by atoms with van der Waals surface area (Å²) in [7, 11) is 0. The highest BCUT2D eigenvalue weighted by Crippen LogP contribution is 1.97. The van der Waals surface area contributed by atoms with E-state index in [0.717, 1.165) is 32.4 Å². The molecule has 17 heavy (non-hydrogen) atoms. The number of nitrogens with zero attached hydrogens (tertiary/aromatic N) is 1. The number of likely N-dealkylation sites (N-methyl/N-ethyl adjacent to an activating group) is 1. The topological polar surface area (TPSA) is 77.8 Å². The van der Waals surface area contributed by atoms with Gasteiger partial charge in [-0.3, -0.25) is 14.5 Å². The molecule has 0 saturated heterocycles. The van der Waals surface area contributed by atoms with E-state index in [2.05, 4.69) is 6.92 Å². The molecule has 5 heteroatoms. The zero-order valence-corrected chi connectivity index (χ0v) is 11.1. The van der Waals surface area contributed by atoms with Crippen LogP contribution in [0.2, 0.25) is 0 Å². The number of hydrogen-bond acceptors (Lipinski definition) is 3. The molecule has 0 aromatic heterocycles. The Morgan fingerprint density at radius 2 is 1.47 bits per heavy atom. The first kappa shape index (κ1) is 18.3. The van der Waals surface area contributed by atoms with Crippen molar-refractivity contribution in [3.63, 3.8) is 0 Å². The Hall–Kier alpha value is -1.10. The fourth-order valence-corrected chi connectivity index (χ4v) is 1.16. The van der Waals surface area contributed by atoms with Gasteiger partial charge in [0.05, 0.1) is 6.54 Å². The number of hydrogen-bond donors (Lipinski definition) is 2. The summed E-state index contributed by atoms with van der Waals surface area (Å²) in [5.41, 5.74) is 0. The number of rotatable bonds is 8. The highest BCUT2D eigenvalue weighted by atomic mass is 16.4. The Bertz CT molecular complexity index is 203. The SMILES string of the molecule is CCCCCC(=O)O.CCN(CC)CC(=O)O. The van der Waals surface area contributed by atoms with Gasteiger partial charge in [-0.15, -0.1) is 0 Å². The normalized spacial score (nSPS) is 9.65. The van der Waals surface area contributed by atoms with Gasteiger partial charge in [0.2, 0.25) is 0 Å². The van der Waals surface area contributed by atoms with Crippen LogP contribution in [0.4, 0.5) is 0 Å². The van der Waals surface area contributed by atoms with Gasteiger partial charge in [0.1, 0.15) is 0 Å². The lowest BCUT2D eigenvalue weighted by molar-refractivity contribution is -0.138. The molecule has 0 bridgehead atoms. The molecular weight excluding hydrogens is 222 g/mol. The van der Waals surface area contributed by atoms with Gasteiger partial charge < -0.3 is 10.2 Å². The molecule has 0 aliphatic carbocycles. The number of carbonyl (C=O) groups is 2. The van der Waals surface area contributed by atoms with Crippen molar-refractivity contribution >= 4 is 11.9 Å². The van der Waals surface area contributed by atoms with Crippen LogP contribution in [0.1, 0.15) is 46.5 Å². The van der Waals surface area contributed by atoms with Gasteiger partial charge in [-0.05, 0) is 19.5 Å². The monoisotopic (exact) mass is 247 g/mol. The molecule has 0 radical (unpaired) electrons. The standard InChI is InChI=1S/C6H13NO2.C6H12O2/c1-3-7(4-2)5-6(8)9;1-2-3-4-5-6(7)8/h3-5H2,1-2H3,(H,8,9);2-5H2,1H3,(H,7,8). The van der Waals surface area contributed by atoms with Crippen LogP contribution in [0, 0.1) is 0 Å². The van der Waals surface area contributed by atoms with Crippen molar-refractivity contribution in [1.82, 2.24) is 4.90 Å². The summed E-state index contributed by atoms with van der Waals surface area (Å²) in [5.74, 6) is -1.43. The van der Waals surface area contributed by atoms with Crippen molar-refractivity contribution in [2.75, 3.05) is 19.6 Å². The first-order valence-electron chi connectivity index (χ1n) is 6.13. The fourth-order valence-electron chi connectivity index (χ4n) is 1.16. The molecule has 0 spiro atoms. The highest BCUT2D eigenvalue weighted by molar-refractivity contribution is 5.69. The van der Waals surface area contributed by atoms with Crippen LogP contribution in [0.15, 0.2) is 0 Å². The van der Waals surface area contributed by atoms with Crippen LogP contribution in [0.3, 0.4) is 0 Å². The predicted octanol–water partition coefficient (Wildman–Crippen LogP) is 2.06. The van der Waals surface area contributed by atoms with E-state index in [1.807, 2.05) is 18.7 Å². The summed E-state index contributed by atoms with van der Waals surface area (Å²) in [4.78, 5) is 21.8. The molecule has 0 aromatic rings. The molecule has 0 aliphatic rings. The molecular formula is C12H25NO4. The van der Waals surface area contributed by atoms with Crippen molar-refractivity contribution in [2.45, 2.75) is 46.5 Å². The molecule has 102 valence electrons. The minimum Gasteiger partial charge on any atom is -0.481 e. The molecule has 0 amide bonds. The smallest absolute Gasteiger partial charge is 0.317 e. The van der Waals surface area contributed by atoms with Crippen LogP contribution >= 0.6 is 0 Å². The Morgan fingerprint density at radius 3 is 1.71 bits per heavy atom. The van der Waals surface area contributed by atoms with Crippen molar-refractivity contribution in [1.29, 1.82) is 0 Å². The molecule has 0 aromatic carbocycles. The summed E-state index contributed by atoms with van der Waals surface area (Å²) in [5, 5.41) is 16.4. The third-order valence-corrected chi connectivity index (χ3v) is 2.25. The molecule has 0 saturated carbocycles. The van der Waals surface area contributed by atoms with Crippen molar-refractivity contribution < 1.29 is 19.8 Å². The van der Waals surface area contributed by atoms with E-state index in [9.17, 15) is 9.59 Å². The predicted molar refractivity (Wildman–Crippen MR) is 67.2 cm³/mol. The van der Waals surface area contributed by atoms with Crippen LogP contribution < -0.4 is 0 Å². The molecule has 0 fully saturated rings. The van der Waals surface area contributed by atoms with Crippen LogP contribution in [0.25, 0.3) is 0 Å². The van der Waals surface area contributed by atoms with Gasteiger partial charge >= 0.3 is 11.9 Å². The van der Waals surface area contributed by atoms with Gasteiger partial charge in [0.25, 0.3) is 0 Å². The van der Waals surface area contributed by atoms with Crippen LogP contribution in [-0.2, 0) is 9.59 Å². The van der Waals surface area contributed by atoms with Gasteiger partial charge in [0, 0.05) is 6.42 Å². The first-order valence-corrected chi connectivity index (χ1v) is 6.13. The summed E-state index contributed by atoms with van der Waals surface area (Å²) < 4.78 is 0. The number of aliphatic carboxylic acids is 2. The Kier molecular flexibility index (Phi) is 13.9. The lowest BCUT2D eigenvalue weighted by Crippen LogP contribution is -2.29. The van der Waals surface area contributed by atoms with E-state index in [0.29, 0.717) is 6.42 Å². The number of carboxylic acid groups (broad SMARTS) is 2. The molecule has 2 N–H and O–H groups in total. The summed E-state index contributed by atoms with van der Waals surface area (Å²) in [6.45, 7) is 7.74. The van der Waals surface area contributed by atoms with E-state index in [1.165, 1.54) is 0 Å². The summed E-state index contributed by atoms with van der Waals surface area (Å²) in [6, 6.07) is 0. The minimum atomic E-state index is -0.751. The third-order valence-electron chi connectivity index (χ3n) is 2.25. The lowest BCUT2D eigenvalue weighted by atomic mass is 10.2. The molecule has 0 aliphatic heterocycles. The lowest BCUT2D eigenvalue weighted by Gasteiger charge is -2.13. The Morgan fingerprint density at radius 1 is 0.941 bits per heavy atom. The maximum Gasteiger partial charge on any atom is 0.317 e. The van der Waals surface area contributed by atoms with E-state index in [1.54, 1.807) is 0 Å². The Balaban J connectivity index is 0. The molecule has 0 atom stereocenters. The fraction of sp³-hybridized carbons (Fsp3) is 0.833. The van der Waals surface area contributed by atoms with Crippen molar-refractivity contribution in [3.05, 3.63) is 0 Å². The van der Waals surface area contributed by atoms with E-state index < -0.39 is 11.9 Å². The number of unbranched alkanes of at least 4 members (excludes halogenated alkanes) is 2. The van der Waals surface area contributed by atoms with E-state index >= 15 is 0 Å². The second-order valence-electron chi connectivity index (χ2n) is 3.71. The third kappa shape index (κ3) is 17.5. The highest BCUT2D eigenvalue weighted by Gasteiger charge is 2.02.